The van der Waals surface area contributed by atoms with E-state index in [-0.39, 0.29) is 4.90 Å². The fourth-order valence-electron chi connectivity index (χ4n) is 3.45. The van der Waals surface area contributed by atoms with E-state index in [0.29, 0.717) is 44.3 Å². The van der Waals surface area contributed by atoms with Crippen LogP contribution in [0.3, 0.4) is 0 Å². The largest absolute Gasteiger partial charge is 0.497 e. The topological polar surface area (TPSA) is 103 Å². The van der Waals surface area contributed by atoms with Gasteiger partial charge in [0.1, 0.15) is 11.5 Å². The van der Waals surface area contributed by atoms with Gasteiger partial charge in [0.25, 0.3) is 0 Å². The first-order chi connectivity index (χ1) is 15.0. The summed E-state index contributed by atoms with van der Waals surface area (Å²) in [5.74, 6) is 2.07. The van der Waals surface area contributed by atoms with Crippen molar-refractivity contribution in [1.29, 1.82) is 0 Å². The van der Waals surface area contributed by atoms with E-state index in [2.05, 4.69) is 20.4 Å². The minimum atomic E-state index is -3.54. The number of ether oxygens (including phenoxy) is 2. The molecule has 31 heavy (non-hydrogen) atoms. The molecular formula is C20H24N6O4S. The van der Waals surface area contributed by atoms with Crippen molar-refractivity contribution in [1.82, 2.24) is 29.4 Å². The van der Waals surface area contributed by atoms with E-state index in [4.69, 9.17) is 9.47 Å². The van der Waals surface area contributed by atoms with E-state index in [1.165, 1.54) is 4.31 Å². The molecule has 0 atom stereocenters. The van der Waals surface area contributed by atoms with Crippen LogP contribution < -0.4 is 9.47 Å². The highest BCUT2D eigenvalue weighted by atomic mass is 32.2. The van der Waals surface area contributed by atoms with E-state index in [9.17, 15) is 8.42 Å². The van der Waals surface area contributed by atoms with Gasteiger partial charge in [0.05, 0.1) is 31.3 Å². The zero-order valence-corrected chi connectivity index (χ0v) is 18.2. The number of sulfonamides is 1. The summed E-state index contributed by atoms with van der Waals surface area (Å²) in [6, 6.07) is 13.9. The number of tetrazole rings is 1. The van der Waals surface area contributed by atoms with Gasteiger partial charge in [-0.25, -0.2) is 8.42 Å². The van der Waals surface area contributed by atoms with Gasteiger partial charge in [0.2, 0.25) is 10.0 Å². The van der Waals surface area contributed by atoms with Crippen LogP contribution in [0.5, 0.6) is 11.5 Å². The van der Waals surface area contributed by atoms with Crippen LogP contribution in [0, 0.1) is 0 Å². The predicted octanol–water partition coefficient (Wildman–Crippen LogP) is 1.19. The quantitative estimate of drug-likeness (QED) is 0.535. The number of aromatic nitrogens is 4. The lowest BCUT2D eigenvalue weighted by Crippen LogP contribution is -2.48. The maximum Gasteiger partial charge on any atom is 0.243 e. The maximum atomic E-state index is 12.9. The molecule has 0 saturated carbocycles. The third-order valence-electron chi connectivity index (χ3n) is 5.24. The Morgan fingerprint density at radius 1 is 0.871 bits per heavy atom. The fourth-order valence-corrected chi connectivity index (χ4v) is 4.88. The number of methoxy groups -OCH3 is 2. The van der Waals surface area contributed by atoms with E-state index in [1.807, 2.05) is 24.3 Å². The van der Waals surface area contributed by atoms with Crippen LogP contribution >= 0.6 is 0 Å². The van der Waals surface area contributed by atoms with Crippen molar-refractivity contribution < 1.29 is 17.9 Å². The minimum Gasteiger partial charge on any atom is -0.497 e. The lowest BCUT2D eigenvalue weighted by molar-refractivity contribution is 0.177. The second kappa shape index (κ2) is 9.00. The van der Waals surface area contributed by atoms with Crippen molar-refractivity contribution in [3.63, 3.8) is 0 Å². The van der Waals surface area contributed by atoms with Gasteiger partial charge in [-0.15, -0.1) is 5.10 Å². The van der Waals surface area contributed by atoms with E-state index in [1.54, 1.807) is 43.2 Å². The zero-order valence-electron chi connectivity index (χ0n) is 17.4. The molecule has 0 spiro atoms. The lowest BCUT2D eigenvalue weighted by atomic mass is 10.3. The normalized spacial score (nSPS) is 15.7. The van der Waals surface area contributed by atoms with Crippen LogP contribution in [0.1, 0.15) is 5.82 Å². The Morgan fingerprint density at radius 2 is 1.45 bits per heavy atom. The standard InChI is InChI=1S/C20H24N6O4S/c1-29-17-5-3-16(4-6-17)26-20(21-22-23-26)15-24-11-13-25(14-12-24)31(27,28)19-9-7-18(30-2)8-10-19/h3-10H,11-15H2,1-2H3. The Balaban J connectivity index is 1.40. The van der Waals surface area contributed by atoms with E-state index >= 15 is 0 Å². The minimum absolute atomic E-state index is 0.269. The number of hydrogen-bond donors (Lipinski definition) is 0. The maximum absolute atomic E-state index is 12.9. The molecule has 0 aliphatic carbocycles. The van der Waals surface area contributed by atoms with Gasteiger partial charge >= 0.3 is 0 Å². The molecule has 0 unspecified atom stereocenters. The summed E-state index contributed by atoms with van der Waals surface area (Å²) in [6.07, 6.45) is 0. The Kier molecular flexibility index (Phi) is 6.16. The summed E-state index contributed by atoms with van der Waals surface area (Å²) in [6.45, 7) is 2.50. The molecule has 0 N–H and O–H groups in total. The Labute approximate surface area is 181 Å². The van der Waals surface area contributed by atoms with Crippen LogP contribution in [0.25, 0.3) is 5.69 Å². The molecule has 10 nitrogen and oxygen atoms in total. The summed E-state index contributed by atoms with van der Waals surface area (Å²) in [5, 5.41) is 12.0. The van der Waals surface area contributed by atoms with Crippen LogP contribution in [-0.2, 0) is 16.6 Å². The van der Waals surface area contributed by atoms with Crippen LogP contribution in [-0.4, -0.2) is 78.2 Å². The predicted molar refractivity (Wildman–Crippen MR) is 113 cm³/mol. The van der Waals surface area contributed by atoms with E-state index < -0.39 is 10.0 Å². The molecule has 0 bridgehead atoms. The highest BCUT2D eigenvalue weighted by Gasteiger charge is 2.29. The third kappa shape index (κ3) is 4.53. The summed E-state index contributed by atoms with van der Waals surface area (Å²) in [4.78, 5) is 2.41. The molecule has 164 valence electrons. The summed E-state index contributed by atoms with van der Waals surface area (Å²) in [5.41, 5.74) is 0.835. The Hall–Kier alpha value is -3.02. The van der Waals surface area contributed by atoms with Gasteiger partial charge in [0, 0.05) is 26.2 Å². The van der Waals surface area contributed by atoms with Gasteiger partial charge < -0.3 is 9.47 Å². The van der Waals surface area contributed by atoms with Crippen molar-refractivity contribution >= 4 is 10.0 Å². The molecule has 0 radical (unpaired) electrons. The first-order valence-corrected chi connectivity index (χ1v) is 11.2. The van der Waals surface area contributed by atoms with Gasteiger partial charge in [-0.2, -0.15) is 8.99 Å². The van der Waals surface area contributed by atoms with Gasteiger partial charge in [-0.1, -0.05) is 0 Å². The zero-order chi connectivity index (χ0) is 21.8. The smallest absolute Gasteiger partial charge is 0.243 e. The Bertz CT molecular complexity index is 1110. The van der Waals surface area contributed by atoms with Crippen molar-refractivity contribution in [3.05, 3.63) is 54.4 Å². The SMILES string of the molecule is COc1ccc(-n2nnnc2CN2CCN(S(=O)(=O)c3ccc(OC)cc3)CC2)cc1. The van der Waals surface area contributed by atoms with Crippen LogP contribution in [0.2, 0.25) is 0 Å². The fraction of sp³-hybridized carbons (Fsp3) is 0.350. The number of nitrogens with zero attached hydrogens (tertiary/aromatic N) is 6. The first kappa shape index (κ1) is 21.2. The van der Waals surface area contributed by atoms with E-state index in [0.717, 1.165) is 11.4 Å². The van der Waals surface area contributed by atoms with Gasteiger partial charge in [0.15, 0.2) is 5.82 Å². The second-order valence-electron chi connectivity index (χ2n) is 7.06. The second-order valence-corrected chi connectivity index (χ2v) is 9.00. The molecule has 2 aromatic carbocycles. The van der Waals surface area contributed by atoms with Crippen LogP contribution in [0.4, 0.5) is 0 Å². The lowest BCUT2D eigenvalue weighted by Gasteiger charge is -2.33. The molecule has 0 amide bonds. The molecule has 1 aliphatic heterocycles. The molecule has 3 aromatic rings. The molecule has 1 saturated heterocycles. The molecular weight excluding hydrogens is 420 g/mol. The Morgan fingerprint density at radius 3 is 2.03 bits per heavy atom. The van der Waals surface area contributed by atoms with Crippen LogP contribution in [0.15, 0.2) is 53.4 Å². The van der Waals surface area contributed by atoms with Gasteiger partial charge in [-0.05, 0) is 59.0 Å². The third-order valence-corrected chi connectivity index (χ3v) is 7.16. The number of benzene rings is 2. The van der Waals surface area contributed by atoms with Crippen molar-refractivity contribution in [2.24, 2.45) is 0 Å². The molecule has 11 heteroatoms. The number of piperazine rings is 1. The first-order valence-electron chi connectivity index (χ1n) is 9.79. The summed E-state index contributed by atoms with van der Waals surface area (Å²) < 4.78 is 39.3. The monoisotopic (exact) mass is 444 g/mol. The molecule has 4 rings (SSSR count). The average molecular weight is 445 g/mol. The van der Waals surface area contributed by atoms with Gasteiger partial charge in [-0.3, -0.25) is 4.90 Å². The average Bonchev–Trinajstić information content (AvgIpc) is 3.27. The summed E-state index contributed by atoms with van der Waals surface area (Å²) >= 11 is 0. The van der Waals surface area contributed by atoms with Crippen molar-refractivity contribution in [3.8, 4) is 17.2 Å². The van der Waals surface area contributed by atoms with Crippen molar-refractivity contribution in [2.45, 2.75) is 11.4 Å². The van der Waals surface area contributed by atoms with Crippen molar-refractivity contribution in [2.75, 3.05) is 40.4 Å². The highest BCUT2D eigenvalue weighted by Crippen LogP contribution is 2.21. The summed E-state index contributed by atoms with van der Waals surface area (Å²) in [7, 11) is -0.370. The molecule has 1 fully saturated rings. The number of hydrogen-bond acceptors (Lipinski definition) is 8. The molecule has 2 heterocycles. The number of rotatable bonds is 7. The molecule has 1 aromatic heterocycles. The highest BCUT2D eigenvalue weighted by molar-refractivity contribution is 7.89. The molecule has 1 aliphatic rings.